The van der Waals surface area contributed by atoms with Gasteiger partial charge < -0.3 is 8.98 Å². The van der Waals surface area contributed by atoms with Crippen LogP contribution in [-0.2, 0) is 19.3 Å². The maximum Gasteiger partial charge on any atom is 0.137 e. The van der Waals surface area contributed by atoms with Crippen LogP contribution in [0.5, 0.6) is 0 Å². The molecule has 2 aliphatic carbocycles. The van der Waals surface area contributed by atoms with Crippen LogP contribution >= 0.6 is 0 Å². The lowest BCUT2D eigenvalue weighted by molar-refractivity contribution is 0.668. The molecule has 5 aromatic carbocycles. The van der Waals surface area contributed by atoms with Crippen molar-refractivity contribution in [3.8, 4) is 11.1 Å². The van der Waals surface area contributed by atoms with Gasteiger partial charge in [-0.05, 0) is 152 Å². The molecule has 0 radical (unpaired) electrons. The zero-order valence-corrected chi connectivity index (χ0v) is 36.4. The molecule has 0 saturated carbocycles. The predicted molar refractivity (Wildman–Crippen MR) is 259 cm³/mol. The molecule has 0 amide bonds. The summed E-state index contributed by atoms with van der Waals surface area (Å²) in [4.78, 5) is 0. The summed E-state index contributed by atoms with van der Waals surface area (Å²) < 4.78 is 9.17. The smallest absolute Gasteiger partial charge is 0.137 e. The van der Waals surface area contributed by atoms with Gasteiger partial charge in [0, 0.05) is 33.3 Å². The molecule has 298 valence electrons. The van der Waals surface area contributed by atoms with Crippen LogP contribution in [0, 0.1) is 12.8 Å². The van der Waals surface area contributed by atoms with Gasteiger partial charge in [-0.15, -0.1) is 0 Å². The standard InChI is InChI=1S/C50H45NO.C5H8.C2H6/c1-7-8-13-31(4)21-33(6)51-47-26-38-24-36-15-10-12-17-40(36)42(38)27-43(47)44-28-46-45-25-34(32(5)22-49(45)52-50(46)29-48(44)51)18-19-41-37(20-30(2)3)23-35-14-9-11-16-39(35)41;1-4-5(2)3;1-2/h7-12,14-17,19-22,25-29,31H,2,13,18,23-24H2,1,3-6H3;4H,1-2H2,3H3;1-2H3/b8-7-,33-21+,37-20-,41-19+;;. The minimum absolute atomic E-state index is 0.429. The van der Waals surface area contributed by atoms with E-state index in [9.17, 15) is 0 Å². The Labute approximate surface area is 352 Å². The maximum atomic E-state index is 6.70. The number of benzene rings is 5. The number of allylic oxidation sites excluding steroid dienone is 11. The Hall–Kier alpha value is -6.12. The molecule has 0 spiro atoms. The number of furan rings is 1. The Morgan fingerprint density at radius 2 is 1.37 bits per heavy atom. The topological polar surface area (TPSA) is 18.1 Å². The number of hydrogen-bond acceptors (Lipinski definition) is 1. The molecule has 2 heteroatoms. The first kappa shape index (κ1) is 41.1. The summed E-state index contributed by atoms with van der Waals surface area (Å²) in [7, 11) is 0. The molecule has 2 aromatic heterocycles. The summed E-state index contributed by atoms with van der Waals surface area (Å²) in [6, 6.07) is 31.9. The van der Waals surface area contributed by atoms with E-state index in [4.69, 9.17) is 4.42 Å². The number of fused-ring (bicyclic) bond motifs is 10. The van der Waals surface area contributed by atoms with Crippen LogP contribution in [0.4, 0.5) is 0 Å². The van der Waals surface area contributed by atoms with Gasteiger partial charge >= 0.3 is 0 Å². The quantitative estimate of drug-likeness (QED) is 0.111. The largest absolute Gasteiger partial charge is 0.456 e. The van der Waals surface area contributed by atoms with Crippen molar-refractivity contribution in [2.24, 2.45) is 5.92 Å². The van der Waals surface area contributed by atoms with E-state index in [0.717, 1.165) is 48.0 Å². The molecular weight excluding hydrogens is 715 g/mol. The van der Waals surface area contributed by atoms with Gasteiger partial charge in [-0.25, -0.2) is 0 Å². The van der Waals surface area contributed by atoms with E-state index in [1.54, 1.807) is 6.08 Å². The SMILES string of the molecule is C=C(C)/C=C1/Cc2ccccc2/C1=C/Cc1cc2c(cc1C)oc1cc3c(cc12)c1cc2c(cc1n3/C(C)=C/C(C)C/C=C\C)Cc1ccccc1-2.C=CC(=C)C.CC. The predicted octanol–water partition coefficient (Wildman–Crippen LogP) is 16.5. The van der Waals surface area contributed by atoms with Crippen molar-refractivity contribution in [3.05, 3.63) is 191 Å². The summed E-state index contributed by atoms with van der Waals surface area (Å²) in [6.07, 6.45) is 17.1. The van der Waals surface area contributed by atoms with E-state index in [0.29, 0.717) is 5.92 Å². The van der Waals surface area contributed by atoms with Crippen molar-refractivity contribution in [1.82, 2.24) is 4.57 Å². The van der Waals surface area contributed by atoms with Crippen LogP contribution in [0.3, 0.4) is 0 Å². The molecule has 2 aliphatic rings. The maximum absolute atomic E-state index is 6.70. The monoisotopic (exact) mass is 773 g/mol. The molecule has 0 aliphatic heterocycles. The van der Waals surface area contributed by atoms with Crippen LogP contribution in [-0.4, -0.2) is 4.57 Å². The van der Waals surface area contributed by atoms with Crippen molar-refractivity contribution in [2.75, 3.05) is 0 Å². The normalized spacial score (nSPS) is 15.0. The highest BCUT2D eigenvalue weighted by Gasteiger charge is 2.24. The molecular formula is C57H59NO. The minimum Gasteiger partial charge on any atom is -0.456 e. The molecule has 2 nitrogen and oxygen atoms in total. The Kier molecular flexibility index (Phi) is 12.1. The summed E-state index contributed by atoms with van der Waals surface area (Å²) in [5.74, 6) is 0.429. The van der Waals surface area contributed by atoms with Crippen molar-refractivity contribution in [2.45, 2.75) is 81.1 Å². The van der Waals surface area contributed by atoms with Gasteiger partial charge in [0.25, 0.3) is 0 Å². The van der Waals surface area contributed by atoms with Gasteiger partial charge in [0.2, 0.25) is 0 Å². The van der Waals surface area contributed by atoms with E-state index >= 15 is 0 Å². The van der Waals surface area contributed by atoms with E-state index in [1.807, 2.05) is 20.8 Å². The van der Waals surface area contributed by atoms with Crippen LogP contribution in [0.25, 0.3) is 66.1 Å². The van der Waals surface area contributed by atoms with Crippen LogP contribution < -0.4 is 0 Å². The van der Waals surface area contributed by atoms with Gasteiger partial charge in [-0.1, -0.05) is 137 Å². The Morgan fingerprint density at radius 1 is 0.746 bits per heavy atom. The Bertz CT molecular complexity index is 2910. The van der Waals surface area contributed by atoms with Crippen molar-refractivity contribution >= 4 is 55.0 Å². The highest BCUT2D eigenvalue weighted by molar-refractivity contribution is 6.18. The van der Waals surface area contributed by atoms with Crippen LogP contribution in [0.15, 0.2) is 162 Å². The fourth-order valence-corrected chi connectivity index (χ4v) is 8.90. The molecule has 0 N–H and O–H groups in total. The first-order valence-electron chi connectivity index (χ1n) is 21.3. The number of hydrogen-bond donors (Lipinski definition) is 0. The average Bonchev–Trinajstić information content (AvgIpc) is 3.96. The fourth-order valence-electron chi connectivity index (χ4n) is 8.90. The lowest BCUT2D eigenvalue weighted by Gasteiger charge is -2.12. The van der Waals surface area contributed by atoms with Crippen molar-refractivity contribution in [3.63, 3.8) is 0 Å². The summed E-state index contributed by atoms with van der Waals surface area (Å²) in [5.41, 5.74) is 21.3. The molecule has 2 heterocycles. The van der Waals surface area contributed by atoms with E-state index in [1.165, 1.54) is 93.9 Å². The number of rotatable bonds is 8. The third kappa shape index (κ3) is 8.02. The molecule has 59 heavy (non-hydrogen) atoms. The third-order valence-corrected chi connectivity index (χ3v) is 11.7. The summed E-state index contributed by atoms with van der Waals surface area (Å²) >= 11 is 0. The van der Waals surface area contributed by atoms with Crippen LogP contribution in [0.2, 0.25) is 0 Å². The zero-order chi connectivity index (χ0) is 42.0. The molecule has 1 unspecified atom stereocenters. The van der Waals surface area contributed by atoms with Crippen molar-refractivity contribution < 1.29 is 4.42 Å². The summed E-state index contributed by atoms with van der Waals surface area (Å²) in [6.45, 7) is 28.1. The van der Waals surface area contributed by atoms with Gasteiger partial charge in [0.15, 0.2) is 0 Å². The Morgan fingerprint density at radius 3 is 2.07 bits per heavy atom. The first-order chi connectivity index (χ1) is 28.5. The van der Waals surface area contributed by atoms with Gasteiger partial charge in [-0.3, -0.25) is 0 Å². The minimum atomic E-state index is 0.429. The second kappa shape index (κ2) is 17.4. The fraction of sp³-hybridized carbons (Fsp3) is 0.228. The summed E-state index contributed by atoms with van der Waals surface area (Å²) in [5, 5.41) is 4.92. The second-order valence-electron chi connectivity index (χ2n) is 16.3. The van der Waals surface area contributed by atoms with Gasteiger partial charge in [0.1, 0.15) is 11.2 Å². The number of aryl methyl sites for hydroxylation is 1. The lowest BCUT2D eigenvalue weighted by Crippen LogP contribution is -1.97. The van der Waals surface area contributed by atoms with E-state index < -0.39 is 0 Å². The lowest BCUT2D eigenvalue weighted by atomic mass is 9.97. The third-order valence-electron chi connectivity index (χ3n) is 11.7. The molecule has 1 atom stereocenters. The van der Waals surface area contributed by atoms with Gasteiger partial charge in [-0.2, -0.15) is 0 Å². The Balaban J connectivity index is 0.000000704. The molecule has 9 rings (SSSR count). The first-order valence-corrected chi connectivity index (χ1v) is 21.3. The molecule has 0 fully saturated rings. The zero-order valence-electron chi connectivity index (χ0n) is 36.4. The van der Waals surface area contributed by atoms with Gasteiger partial charge in [0.05, 0.1) is 11.0 Å². The molecule has 0 saturated heterocycles. The van der Waals surface area contributed by atoms with E-state index in [2.05, 4.69) is 174 Å². The van der Waals surface area contributed by atoms with Crippen molar-refractivity contribution in [1.29, 1.82) is 0 Å². The van der Waals surface area contributed by atoms with Crippen LogP contribution in [0.1, 0.15) is 88.3 Å². The molecule has 0 bridgehead atoms. The second-order valence-corrected chi connectivity index (χ2v) is 16.3. The highest BCUT2D eigenvalue weighted by atomic mass is 16.3. The molecule has 7 aromatic rings. The number of nitrogens with zero attached hydrogens (tertiary/aromatic N) is 1. The average molecular weight is 774 g/mol. The number of aromatic nitrogens is 1. The van der Waals surface area contributed by atoms with E-state index in [-0.39, 0.29) is 0 Å². The highest BCUT2D eigenvalue weighted by Crippen LogP contribution is 2.45.